The molecule has 0 amide bonds. The quantitative estimate of drug-likeness (QED) is 0.658. The van der Waals surface area contributed by atoms with Gasteiger partial charge in [0.2, 0.25) is 0 Å². The standard InChI is InChI=1S/C16H24O/c1-6-8-17-15-10-13(4)16(14(5)11-15)9-12(3)7-2/h7,10-12H,2,6,8-9H2,1,3-5H3. The number of aryl methyl sites for hydroxylation is 2. The molecule has 17 heavy (non-hydrogen) atoms. The highest BCUT2D eigenvalue weighted by atomic mass is 16.5. The highest BCUT2D eigenvalue weighted by molar-refractivity contribution is 5.41. The molecule has 0 fully saturated rings. The lowest BCUT2D eigenvalue weighted by Gasteiger charge is -2.15. The monoisotopic (exact) mass is 232 g/mol. The van der Waals surface area contributed by atoms with Gasteiger partial charge < -0.3 is 4.74 Å². The third kappa shape index (κ3) is 3.92. The molecule has 94 valence electrons. The van der Waals surface area contributed by atoms with Crippen LogP contribution in [-0.4, -0.2) is 6.61 Å². The maximum absolute atomic E-state index is 5.68. The van der Waals surface area contributed by atoms with Crippen molar-refractivity contribution in [3.63, 3.8) is 0 Å². The van der Waals surface area contributed by atoms with Gasteiger partial charge in [-0.3, -0.25) is 0 Å². The number of allylic oxidation sites excluding steroid dienone is 1. The van der Waals surface area contributed by atoms with Crippen LogP contribution in [0.3, 0.4) is 0 Å². The van der Waals surface area contributed by atoms with Crippen molar-refractivity contribution in [1.29, 1.82) is 0 Å². The summed E-state index contributed by atoms with van der Waals surface area (Å²) in [7, 11) is 0. The summed E-state index contributed by atoms with van der Waals surface area (Å²) in [5, 5.41) is 0. The van der Waals surface area contributed by atoms with E-state index < -0.39 is 0 Å². The zero-order valence-electron chi connectivity index (χ0n) is 11.5. The first kappa shape index (κ1) is 13.8. The Balaban J connectivity index is 2.89. The molecule has 1 aromatic rings. The van der Waals surface area contributed by atoms with Crippen LogP contribution in [0.4, 0.5) is 0 Å². The van der Waals surface area contributed by atoms with Gasteiger partial charge in [0.15, 0.2) is 0 Å². The van der Waals surface area contributed by atoms with E-state index in [9.17, 15) is 0 Å². The minimum Gasteiger partial charge on any atom is -0.494 e. The van der Waals surface area contributed by atoms with Gasteiger partial charge >= 0.3 is 0 Å². The molecule has 0 aromatic heterocycles. The highest BCUT2D eigenvalue weighted by Gasteiger charge is 2.08. The second kappa shape index (κ2) is 6.48. The van der Waals surface area contributed by atoms with Crippen LogP contribution in [0.2, 0.25) is 0 Å². The summed E-state index contributed by atoms with van der Waals surface area (Å²) >= 11 is 0. The average Bonchev–Trinajstić information content (AvgIpc) is 2.30. The third-order valence-electron chi connectivity index (χ3n) is 3.07. The van der Waals surface area contributed by atoms with Gasteiger partial charge in [0.1, 0.15) is 5.75 Å². The van der Waals surface area contributed by atoms with Crippen LogP contribution < -0.4 is 4.74 Å². The second-order valence-electron chi connectivity index (χ2n) is 4.80. The van der Waals surface area contributed by atoms with Crippen LogP contribution in [-0.2, 0) is 6.42 Å². The molecule has 1 aromatic carbocycles. The van der Waals surface area contributed by atoms with E-state index in [0.717, 1.165) is 25.2 Å². The molecular formula is C16H24O. The lowest BCUT2D eigenvalue weighted by Crippen LogP contribution is -2.03. The predicted molar refractivity (Wildman–Crippen MR) is 74.8 cm³/mol. The fourth-order valence-corrected chi connectivity index (χ4v) is 1.98. The molecule has 0 aliphatic heterocycles. The first-order chi connectivity index (χ1) is 8.08. The topological polar surface area (TPSA) is 9.23 Å². The van der Waals surface area contributed by atoms with Crippen molar-refractivity contribution < 1.29 is 4.74 Å². The molecule has 1 nitrogen and oxygen atoms in total. The molecule has 0 saturated carbocycles. The molecule has 1 heteroatoms. The van der Waals surface area contributed by atoms with E-state index in [2.05, 4.69) is 46.4 Å². The van der Waals surface area contributed by atoms with Gasteiger partial charge in [0.25, 0.3) is 0 Å². The predicted octanol–water partition coefficient (Wildman–Crippen LogP) is 4.46. The Labute approximate surface area is 106 Å². The lowest BCUT2D eigenvalue weighted by atomic mass is 9.93. The Morgan fingerprint density at radius 1 is 1.29 bits per heavy atom. The molecule has 1 atom stereocenters. The van der Waals surface area contributed by atoms with Gasteiger partial charge in [0.05, 0.1) is 6.61 Å². The maximum Gasteiger partial charge on any atom is 0.119 e. The summed E-state index contributed by atoms with van der Waals surface area (Å²) in [5.74, 6) is 1.52. The molecule has 0 bridgehead atoms. The maximum atomic E-state index is 5.68. The lowest BCUT2D eigenvalue weighted by molar-refractivity contribution is 0.317. The van der Waals surface area contributed by atoms with E-state index in [1.807, 2.05) is 6.08 Å². The molecule has 0 spiro atoms. The summed E-state index contributed by atoms with van der Waals surface area (Å²) in [6, 6.07) is 4.29. The van der Waals surface area contributed by atoms with Crippen LogP contribution in [0.1, 0.15) is 37.0 Å². The summed E-state index contributed by atoms with van der Waals surface area (Å²) in [6.45, 7) is 13.3. The van der Waals surface area contributed by atoms with Gasteiger partial charge in [0, 0.05) is 0 Å². The molecule has 0 saturated heterocycles. The normalized spacial score (nSPS) is 12.2. The molecule has 0 radical (unpaired) electrons. The fraction of sp³-hybridized carbons (Fsp3) is 0.500. The molecule has 0 heterocycles. The van der Waals surface area contributed by atoms with Gasteiger partial charge in [-0.05, 0) is 61.4 Å². The van der Waals surface area contributed by atoms with Gasteiger partial charge in [-0.2, -0.15) is 0 Å². The zero-order valence-corrected chi connectivity index (χ0v) is 11.5. The summed E-state index contributed by atoms with van der Waals surface area (Å²) in [5.41, 5.74) is 4.08. The van der Waals surface area contributed by atoms with Crippen molar-refractivity contribution in [3.8, 4) is 5.75 Å². The van der Waals surface area contributed by atoms with Crippen molar-refractivity contribution in [3.05, 3.63) is 41.5 Å². The summed E-state index contributed by atoms with van der Waals surface area (Å²) in [4.78, 5) is 0. The van der Waals surface area contributed by atoms with E-state index in [1.54, 1.807) is 0 Å². The zero-order chi connectivity index (χ0) is 12.8. The molecule has 0 aliphatic rings. The van der Waals surface area contributed by atoms with Crippen molar-refractivity contribution >= 4 is 0 Å². The minimum absolute atomic E-state index is 0.523. The molecule has 0 aliphatic carbocycles. The van der Waals surface area contributed by atoms with Crippen LogP contribution in [0.5, 0.6) is 5.75 Å². The van der Waals surface area contributed by atoms with Crippen molar-refractivity contribution in [2.75, 3.05) is 6.61 Å². The van der Waals surface area contributed by atoms with E-state index in [0.29, 0.717) is 5.92 Å². The van der Waals surface area contributed by atoms with E-state index in [1.165, 1.54) is 16.7 Å². The highest BCUT2D eigenvalue weighted by Crippen LogP contribution is 2.24. The van der Waals surface area contributed by atoms with Crippen molar-refractivity contribution in [2.45, 2.75) is 40.5 Å². The number of benzene rings is 1. The van der Waals surface area contributed by atoms with Crippen LogP contribution >= 0.6 is 0 Å². The Hall–Kier alpha value is -1.24. The first-order valence-electron chi connectivity index (χ1n) is 6.44. The smallest absolute Gasteiger partial charge is 0.119 e. The molecule has 0 N–H and O–H groups in total. The van der Waals surface area contributed by atoms with Gasteiger partial charge in [-0.25, -0.2) is 0 Å². The third-order valence-corrected chi connectivity index (χ3v) is 3.07. The largest absolute Gasteiger partial charge is 0.494 e. The Morgan fingerprint density at radius 2 is 1.88 bits per heavy atom. The van der Waals surface area contributed by atoms with Gasteiger partial charge in [-0.15, -0.1) is 6.58 Å². The average molecular weight is 232 g/mol. The van der Waals surface area contributed by atoms with Crippen LogP contribution in [0.15, 0.2) is 24.8 Å². The minimum atomic E-state index is 0.523. The second-order valence-corrected chi connectivity index (χ2v) is 4.80. The summed E-state index contributed by atoms with van der Waals surface area (Å²) < 4.78 is 5.68. The SMILES string of the molecule is C=CC(C)Cc1c(C)cc(OCCC)cc1C. The molecule has 1 unspecified atom stereocenters. The Morgan fingerprint density at radius 3 is 2.35 bits per heavy atom. The summed E-state index contributed by atoms with van der Waals surface area (Å²) in [6.07, 6.45) is 4.13. The Kier molecular flexibility index (Phi) is 5.27. The number of hydrogen-bond acceptors (Lipinski definition) is 1. The molecule has 1 rings (SSSR count). The fourth-order valence-electron chi connectivity index (χ4n) is 1.98. The number of rotatable bonds is 6. The van der Waals surface area contributed by atoms with Crippen LogP contribution in [0.25, 0.3) is 0 Å². The first-order valence-corrected chi connectivity index (χ1v) is 6.44. The van der Waals surface area contributed by atoms with E-state index >= 15 is 0 Å². The number of ether oxygens (including phenoxy) is 1. The van der Waals surface area contributed by atoms with Gasteiger partial charge in [-0.1, -0.05) is 19.9 Å². The van der Waals surface area contributed by atoms with Crippen molar-refractivity contribution in [2.24, 2.45) is 5.92 Å². The van der Waals surface area contributed by atoms with Crippen LogP contribution in [0, 0.1) is 19.8 Å². The van der Waals surface area contributed by atoms with E-state index in [-0.39, 0.29) is 0 Å². The number of hydrogen-bond donors (Lipinski definition) is 0. The molecular weight excluding hydrogens is 208 g/mol. The Bertz CT molecular complexity index is 356. The van der Waals surface area contributed by atoms with E-state index in [4.69, 9.17) is 4.74 Å². The van der Waals surface area contributed by atoms with Crippen molar-refractivity contribution in [1.82, 2.24) is 0 Å².